The Balaban J connectivity index is 0. The summed E-state index contributed by atoms with van der Waals surface area (Å²) in [5.41, 5.74) is 0. The number of aliphatic hydroxyl groups excluding tert-OH is 1. The van der Waals surface area contributed by atoms with Crippen LogP contribution in [0.2, 0.25) is 0 Å². The second kappa shape index (κ2) is 10.2. The fraction of sp³-hybridized carbons (Fsp3) is 0.800. The highest BCUT2D eigenvalue weighted by Gasteiger charge is 2.08. The van der Waals surface area contributed by atoms with Gasteiger partial charge in [0.05, 0.1) is 6.61 Å². The standard InChI is InChI=1S/C7H14O3.C3H6O/c1-3-4-5-10-7(9)6(2)8;1-3(2)4/h6,8H,3-5H2,1-2H3;1-2H3. The van der Waals surface area contributed by atoms with E-state index in [4.69, 9.17) is 5.11 Å². The SMILES string of the molecule is CC(C)=O.CCCCOC(=O)C(C)O. The van der Waals surface area contributed by atoms with Crippen molar-refractivity contribution in [3.63, 3.8) is 0 Å². The molecule has 0 aromatic heterocycles. The number of carbonyl (C=O) groups excluding carboxylic acids is 2. The minimum Gasteiger partial charge on any atom is -0.464 e. The zero-order valence-electron chi connectivity index (χ0n) is 9.37. The van der Waals surface area contributed by atoms with E-state index in [2.05, 4.69) is 4.74 Å². The van der Waals surface area contributed by atoms with Gasteiger partial charge < -0.3 is 14.6 Å². The molecule has 1 N–H and O–H groups in total. The monoisotopic (exact) mass is 204 g/mol. The minimum atomic E-state index is -0.989. The molecule has 0 rings (SSSR count). The fourth-order valence-corrected chi connectivity index (χ4v) is 0.438. The third-order valence-corrected chi connectivity index (χ3v) is 1.08. The van der Waals surface area contributed by atoms with Gasteiger partial charge in [-0.1, -0.05) is 13.3 Å². The molecule has 4 heteroatoms. The number of esters is 1. The molecule has 0 aromatic rings. The molecule has 0 bridgehead atoms. The van der Waals surface area contributed by atoms with Crippen molar-refractivity contribution in [3.05, 3.63) is 0 Å². The Morgan fingerprint density at radius 2 is 1.79 bits per heavy atom. The van der Waals surface area contributed by atoms with Crippen LogP contribution < -0.4 is 0 Å². The number of ketones is 1. The Labute approximate surface area is 85.3 Å². The molecule has 1 unspecified atom stereocenters. The molecule has 0 fully saturated rings. The summed E-state index contributed by atoms with van der Waals surface area (Å²) in [6.45, 7) is 6.88. The predicted octanol–water partition coefficient (Wildman–Crippen LogP) is 1.31. The van der Waals surface area contributed by atoms with Crippen LogP contribution in [0.15, 0.2) is 0 Å². The first-order valence-corrected chi connectivity index (χ1v) is 4.73. The molecular formula is C10H20O4. The largest absolute Gasteiger partial charge is 0.464 e. The first kappa shape index (κ1) is 15.6. The number of carbonyl (C=O) groups is 2. The number of hydrogen-bond acceptors (Lipinski definition) is 4. The van der Waals surface area contributed by atoms with Crippen molar-refractivity contribution in [2.45, 2.75) is 46.6 Å². The van der Waals surface area contributed by atoms with Crippen LogP contribution in [0.4, 0.5) is 0 Å². The number of aliphatic hydroxyl groups is 1. The fourth-order valence-electron chi connectivity index (χ4n) is 0.438. The molecule has 0 heterocycles. The lowest BCUT2D eigenvalue weighted by Gasteiger charge is -2.04. The Hall–Kier alpha value is -0.900. The van der Waals surface area contributed by atoms with Gasteiger partial charge in [-0.25, -0.2) is 4.79 Å². The summed E-state index contributed by atoms with van der Waals surface area (Å²) in [6, 6.07) is 0. The van der Waals surface area contributed by atoms with Gasteiger partial charge in [0.2, 0.25) is 0 Å². The van der Waals surface area contributed by atoms with E-state index in [0.717, 1.165) is 12.8 Å². The van der Waals surface area contributed by atoms with Crippen molar-refractivity contribution in [2.24, 2.45) is 0 Å². The second-order valence-electron chi connectivity index (χ2n) is 3.11. The Morgan fingerprint density at radius 3 is 2.07 bits per heavy atom. The molecule has 0 saturated heterocycles. The summed E-state index contributed by atoms with van der Waals surface area (Å²) in [4.78, 5) is 20.0. The Morgan fingerprint density at radius 1 is 1.36 bits per heavy atom. The second-order valence-corrected chi connectivity index (χ2v) is 3.11. The Kier molecular flexibility index (Phi) is 11.3. The van der Waals surface area contributed by atoms with Crippen molar-refractivity contribution >= 4 is 11.8 Å². The number of ether oxygens (including phenoxy) is 1. The molecule has 84 valence electrons. The quantitative estimate of drug-likeness (QED) is 0.554. The van der Waals surface area contributed by atoms with Crippen LogP contribution in [-0.4, -0.2) is 29.6 Å². The normalized spacial score (nSPS) is 10.9. The predicted molar refractivity (Wildman–Crippen MR) is 53.9 cm³/mol. The van der Waals surface area contributed by atoms with Gasteiger partial charge in [0.25, 0.3) is 0 Å². The van der Waals surface area contributed by atoms with E-state index >= 15 is 0 Å². The lowest BCUT2D eigenvalue weighted by atomic mass is 10.3. The minimum absolute atomic E-state index is 0.167. The molecule has 4 nitrogen and oxygen atoms in total. The summed E-state index contributed by atoms with van der Waals surface area (Å²) in [5, 5.41) is 8.65. The van der Waals surface area contributed by atoms with Crippen LogP contribution in [-0.2, 0) is 14.3 Å². The first-order chi connectivity index (χ1) is 6.41. The topological polar surface area (TPSA) is 63.6 Å². The number of unbranched alkanes of at least 4 members (excludes halogenated alkanes) is 1. The third-order valence-electron chi connectivity index (χ3n) is 1.08. The average Bonchev–Trinajstić information content (AvgIpc) is 2.03. The maximum absolute atomic E-state index is 10.5. The maximum atomic E-state index is 10.5. The number of Topliss-reactive ketones (excluding diaryl/α,β-unsaturated/α-hetero) is 1. The maximum Gasteiger partial charge on any atom is 0.334 e. The smallest absolute Gasteiger partial charge is 0.334 e. The molecule has 0 spiro atoms. The van der Waals surface area contributed by atoms with E-state index in [9.17, 15) is 9.59 Å². The van der Waals surface area contributed by atoms with Gasteiger partial charge >= 0.3 is 5.97 Å². The molecule has 0 saturated carbocycles. The van der Waals surface area contributed by atoms with Gasteiger partial charge in [0, 0.05) is 0 Å². The molecule has 0 aliphatic heterocycles. The van der Waals surface area contributed by atoms with E-state index in [1.807, 2.05) is 6.92 Å². The van der Waals surface area contributed by atoms with Crippen molar-refractivity contribution in [1.82, 2.24) is 0 Å². The van der Waals surface area contributed by atoms with E-state index in [1.165, 1.54) is 20.8 Å². The summed E-state index contributed by atoms with van der Waals surface area (Å²) < 4.78 is 4.65. The van der Waals surface area contributed by atoms with E-state index < -0.39 is 12.1 Å². The van der Waals surface area contributed by atoms with Gasteiger partial charge in [0.1, 0.15) is 11.9 Å². The molecule has 0 radical (unpaired) electrons. The molecule has 14 heavy (non-hydrogen) atoms. The lowest BCUT2D eigenvalue weighted by molar-refractivity contribution is -0.152. The van der Waals surface area contributed by atoms with Crippen molar-refractivity contribution < 1.29 is 19.4 Å². The summed E-state index contributed by atoms with van der Waals surface area (Å²) in [7, 11) is 0. The van der Waals surface area contributed by atoms with E-state index in [1.54, 1.807) is 0 Å². The van der Waals surface area contributed by atoms with Crippen LogP contribution in [0, 0.1) is 0 Å². The summed E-state index contributed by atoms with van der Waals surface area (Å²) >= 11 is 0. The molecule has 0 aliphatic carbocycles. The van der Waals surface area contributed by atoms with Crippen LogP contribution in [0.25, 0.3) is 0 Å². The van der Waals surface area contributed by atoms with Crippen LogP contribution >= 0.6 is 0 Å². The molecule has 0 aromatic carbocycles. The van der Waals surface area contributed by atoms with Crippen LogP contribution in [0.5, 0.6) is 0 Å². The van der Waals surface area contributed by atoms with E-state index in [0.29, 0.717) is 6.61 Å². The van der Waals surface area contributed by atoms with Gasteiger partial charge in [-0.15, -0.1) is 0 Å². The summed E-state index contributed by atoms with van der Waals surface area (Å²) in [6.07, 6.45) is 0.864. The van der Waals surface area contributed by atoms with Gasteiger partial charge in [-0.05, 0) is 27.2 Å². The summed E-state index contributed by atoms with van der Waals surface area (Å²) in [5.74, 6) is -0.367. The number of hydrogen-bond donors (Lipinski definition) is 1. The highest BCUT2D eigenvalue weighted by atomic mass is 16.5. The zero-order valence-corrected chi connectivity index (χ0v) is 9.37. The molecular weight excluding hydrogens is 184 g/mol. The highest BCUT2D eigenvalue weighted by Crippen LogP contribution is 1.91. The highest BCUT2D eigenvalue weighted by molar-refractivity contribution is 5.73. The molecule has 0 amide bonds. The van der Waals surface area contributed by atoms with Gasteiger partial charge in [0.15, 0.2) is 0 Å². The van der Waals surface area contributed by atoms with Gasteiger partial charge in [-0.3, -0.25) is 0 Å². The van der Waals surface area contributed by atoms with Crippen LogP contribution in [0.3, 0.4) is 0 Å². The van der Waals surface area contributed by atoms with Gasteiger partial charge in [-0.2, -0.15) is 0 Å². The third kappa shape index (κ3) is 17.3. The van der Waals surface area contributed by atoms with E-state index in [-0.39, 0.29) is 5.78 Å². The zero-order chi connectivity index (χ0) is 11.6. The first-order valence-electron chi connectivity index (χ1n) is 4.73. The van der Waals surface area contributed by atoms with Crippen molar-refractivity contribution in [2.75, 3.05) is 6.61 Å². The Bertz CT molecular complexity index is 160. The number of rotatable bonds is 4. The molecule has 0 aliphatic rings. The average molecular weight is 204 g/mol. The van der Waals surface area contributed by atoms with Crippen molar-refractivity contribution in [3.8, 4) is 0 Å². The lowest BCUT2D eigenvalue weighted by Crippen LogP contribution is -2.19. The molecule has 1 atom stereocenters. The van der Waals surface area contributed by atoms with Crippen molar-refractivity contribution in [1.29, 1.82) is 0 Å². The van der Waals surface area contributed by atoms with Crippen LogP contribution in [0.1, 0.15) is 40.5 Å².